The van der Waals surface area contributed by atoms with Crippen LogP contribution in [0.5, 0.6) is 5.75 Å². The summed E-state index contributed by atoms with van der Waals surface area (Å²) in [6.45, 7) is 9.62. The number of nitrogens with one attached hydrogen (secondary N) is 1. The number of methoxy groups -OCH3 is 1. The Labute approximate surface area is 223 Å². The molecule has 198 valence electrons. The molecule has 1 aliphatic heterocycles. The van der Waals surface area contributed by atoms with E-state index in [4.69, 9.17) is 9.47 Å². The van der Waals surface area contributed by atoms with Crippen LogP contribution in [-0.2, 0) is 25.2 Å². The Morgan fingerprint density at radius 1 is 1.18 bits per heavy atom. The Balaban J connectivity index is 1.78. The number of benzene rings is 2. The van der Waals surface area contributed by atoms with Gasteiger partial charge >= 0.3 is 0 Å². The van der Waals surface area contributed by atoms with Crippen LogP contribution in [0.2, 0.25) is 0 Å². The summed E-state index contributed by atoms with van der Waals surface area (Å²) in [5, 5.41) is 0.429. The van der Waals surface area contributed by atoms with Crippen LogP contribution in [-0.4, -0.2) is 33.0 Å². The van der Waals surface area contributed by atoms with Crippen molar-refractivity contribution in [1.29, 1.82) is 0 Å². The predicted molar refractivity (Wildman–Crippen MR) is 148 cm³/mol. The molecule has 7 nitrogen and oxygen atoms in total. The van der Waals surface area contributed by atoms with Gasteiger partial charge in [0.15, 0.2) is 5.60 Å². The van der Waals surface area contributed by atoms with Crippen molar-refractivity contribution in [1.82, 2.24) is 9.71 Å². The third kappa shape index (κ3) is 5.28. The number of hydrogen-bond donors (Lipinski definition) is 1. The van der Waals surface area contributed by atoms with Crippen LogP contribution in [0, 0.1) is 19.8 Å². The highest BCUT2D eigenvalue weighted by Gasteiger charge is 2.51. The molecule has 2 aromatic carbocycles. The zero-order valence-electron chi connectivity index (χ0n) is 22.0. The zero-order chi connectivity index (χ0) is 27.5. The van der Waals surface area contributed by atoms with Crippen molar-refractivity contribution in [3.8, 4) is 5.75 Å². The SMILES string of the molecule is C=C/C=C\C=C(/C)C1COC(C(=O)NS(=O)(=O)c2cccc3nc(C)ccc23)(c2cc(C)ccc2OC)C1. The molecule has 0 aliphatic carbocycles. The highest BCUT2D eigenvalue weighted by Crippen LogP contribution is 2.46. The van der Waals surface area contributed by atoms with Gasteiger partial charge in [-0.3, -0.25) is 9.78 Å². The van der Waals surface area contributed by atoms with Crippen molar-refractivity contribution in [3.05, 3.63) is 102 Å². The van der Waals surface area contributed by atoms with Crippen LogP contribution in [0.25, 0.3) is 10.9 Å². The van der Waals surface area contributed by atoms with Gasteiger partial charge < -0.3 is 9.47 Å². The van der Waals surface area contributed by atoms with Crippen molar-refractivity contribution >= 4 is 26.8 Å². The van der Waals surface area contributed by atoms with Crippen LogP contribution < -0.4 is 9.46 Å². The standard InChI is InChI=1S/C30H32N2O5S/c1-6-7-8-10-21(3)23-18-30(37-19-23,25-17-20(2)13-16-27(25)36-5)29(33)32-38(34,35)28-12-9-11-26-24(28)15-14-22(4)31-26/h6-17,23H,1,18-19H2,2-5H3,(H,32,33)/b8-7-,21-10+. The number of carbonyl (C=O) groups is 1. The van der Waals surface area contributed by atoms with E-state index < -0.39 is 21.5 Å². The molecule has 1 amide bonds. The first-order chi connectivity index (χ1) is 18.1. The van der Waals surface area contributed by atoms with Gasteiger partial charge in [0.2, 0.25) is 0 Å². The summed E-state index contributed by atoms with van der Waals surface area (Å²) in [7, 11) is -2.75. The number of allylic oxidation sites excluding steroid dienone is 4. The van der Waals surface area contributed by atoms with Crippen molar-refractivity contribution < 1.29 is 22.7 Å². The maximum Gasteiger partial charge on any atom is 0.270 e. The van der Waals surface area contributed by atoms with E-state index in [1.165, 1.54) is 13.2 Å². The molecule has 8 heteroatoms. The van der Waals surface area contributed by atoms with E-state index in [-0.39, 0.29) is 23.8 Å². The van der Waals surface area contributed by atoms with Crippen molar-refractivity contribution in [3.63, 3.8) is 0 Å². The highest BCUT2D eigenvalue weighted by molar-refractivity contribution is 7.90. The summed E-state index contributed by atoms with van der Waals surface area (Å²) in [5.41, 5.74) is 2.09. The third-order valence-electron chi connectivity index (χ3n) is 6.82. The van der Waals surface area contributed by atoms with Gasteiger partial charge in [-0.05, 0) is 63.6 Å². The maximum absolute atomic E-state index is 14.0. The normalized spacial score (nSPS) is 20.1. The molecule has 2 unspecified atom stereocenters. The zero-order valence-corrected chi connectivity index (χ0v) is 22.8. The van der Waals surface area contributed by atoms with Gasteiger partial charge in [0, 0.05) is 22.6 Å². The van der Waals surface area contributed by atoms with Gasteiger partial charge in [-0.15, -0.1) is 0 Å². The molecule has 0 radical (unpaired) electrons. The summed E-state index contributed by atoms with van der Waals surface area (Å²) < 4.78 is 41.4. The fourth-order valence-corrected chi connectivity index (χ4v) is 5.99. The smallest absolute Gasteiger partial charge is 0.270 e. The van der Waals surface area contributed by atoms with Crippen molar-refractivity contribution in [2.75, 3.05) is 13.7 Å². The first-order valence-corrected chi connectivity index (χ1v) is 13.8. The maximum atomic E-state index is 14.0. The number of ether oxygens (including phenoxy) is 2. The lowest BCUT2D eigenvalue weighted by molar-refractivity contribution is -0.140. The topological polar surface area (TPSA) is 94.6 Å². The molecule has 1 saturated heterocycles. The summed E-state index contributed by atoms with van der Waals surface area (Å²) in [5.74, 6) is -0.440. The molecule has 2 heterocycles. The Bertz CT molecular complexity index is 1560. The summed E-state index contributed by atoms with van der Waals surface area (Å²) in [6.07, 6.45) is 7.55. The molecule has 0 saturated carbocycles. The quantitative estimate of drug-likeness (QED) is 0.397. The number of hydrogen-bond acceptors (Lipinski definition) is 6. The number of fused-ring (bicyclic) bond motifs is 1. The Hall–Kier alpha value is -3.75. The second-order valence-electron chi connectivity index (χ2n) is 9.48. The Morgan fingerprint density at radius 2 is 1.97 bits per heavy atom. The molecule has 3 aromatic rings. The van der Waals surface area contributed by atoms with E-state index >= 15 is 0 Å². The number of carbonyl (C=O) groups excluding carboxylic acids is 1. The van der Waals surface area contributed by atoms with Crippen LogP contribution in [0.1, 0.15) is 30.2 Å². The van der Waals surface area contributed by atoms with Crippen LogP contribution in [0.3, 0.4) is 0 Å². The van der Waals surface area contributed by atoms with Crippen LogP contribution >= 0.6 is 0 Å². The number of aryl methyl sites for hydroxylation is 2. The second kappa shape index (κ2) is 10.9. The third-order valence-corrected chi connectivity index (χ3v) is 8.21. The Morgan fingerprint density at radius 3 is 2.71 bits per heavy atom. The largest absolute Gasteiger partial charge is 0.496 e. The highest BCUT2D eigenvalue weighted by atomic mass is 32.2. The monoisotopic (exact) mass is 532 g/mol. The average molecular weight is 533 g/mol. The van der Waals surface area contributed by atoms with Gasteiger partial charge in [0.25, 0.3) is 15.9 Å². The molecule has 4 rings (SSSR count). The van der Waals surface area contributed by atoms with E-state index in [0.717, 1.165) is 16.8 Å². The number of amides is 1. The van der Waals surface area contributed by atoms with Gasteiger partial charge in [-0.2, -0.15) is 0 Å². The second-order valence-corrected chi connectivity index (χ2v) is 11.1. The molecule has 2 atom stereocenters. The van der Waals surface area contributed by atoms with E-state index in [1.54, 1.807) is 36.4 Å². The first-order valence-electron chi connectivity index (χ1n) is 12.3. The number of sulfonamides is 1. The van der Waals surface area contributed by atoms with E-state index in [1.807, 2.05) is 51.1 Å². The van der Waals surface area contributed by atoms with Gasteiger partial charge in [0.05, 0.1) is 24.1 Å². The number of pyridine rings is 1. The minimum Gasteiger partial charge on any atom is -0.496 e. The average Bonchev–Trinajstić information content (AvgIpc) is 3.35. The lowest BCUT2D eigenvalue weighted by Gasteiger charge is -2.29. The van der Waals surface area contributed by atoms with Gasteiger partial charge in [-0.1, -0.05) is 54.2 Å². The van der Waals surface area contributed by atoms with Crippen molar-refractivity contribution in [2.24, 2.45) is 5.92 Å². The molecule has 1 aromatic heterocycles. The van der Waals surface area contributed by atoms with Crippen LogP contribution in [0.4, 0.5) is 0 Å². The summed E-state index contributed by atoms with van der Waals surface area (Å²) in [6, 6.07) is 13.7. The lowest BCUT2D eigenvalue weighted by Crippen LogP contribution is -2.46. The number of nitrogens with zero attached hydrogens (tertiary/aromatic N) is 1. The van der Waals surface area contributed by atoms with E-state index in [9.17, 15) is 13.2 Å². The number of aromatic nitrogens is 1. The molecule has 38 heavy (non-hydrogen) atoms. The van der Waals surface area contributed by atoms with Crippen molar-refractivity contribution in [2.45, 2.75) is 37.7 Å². The molecular weight excluding hydrogens is 500 g/mol. The minimum absolute atomic E-state index is 0.0256. The predicted octanol–water partition coefficient (Wildman–Crippen LogP) is 5.29. The molecular formula is C30H32N2O5S. The molecule has 1 N–H and O–H groups in total. The fraction of sp³-hybridized carbons (Fsp3) is 0.267. The molecule has 1 aliphatic rings. The van der Waals surface area contributed by atoms with Gasteiger partial charge in [-0.25, -0.2) is 13.1 Å². The summed E-state index contributed by atoms with van der Waals surface area (Å²) in [4.78, 5) is 18.4. The molecule has 0 bridgehead atoms. The Kier molecular flexibility index (Phi) is 7.85. The number of rotatable bonds is 8. The van der Waals surface area contributed by atoms with Gasteiger partial charge in [0.1, 0.15) is 5.75 Å². The fourth-order valence-electron chi connectivity index (χ4n) is 4.75. The minimum atomic E-state index is -4.26. The lowest BCUT2D eigenvalue weighted by atomic mass is 9.83. The summed E-state index contributed by atoms with van der Waals surface area (Å²) >= 11 is 0. The van der Waals surface area contributed by atoms with E-state index in [0.29, 0.717) is 22.2 Å². The van der Waals surface area contributed by atoms with E-state index in [2.05, 4.69) is 16.3 Å². The first kappa shape index (κ1) is 27.3. The molecule has 1 fully saturated rings. The van der Waals surface area contributed by atoms with Crippen LogP contribution in [0.15, 0.2) is 89.9 Å². The molecule has 0 spiro atoms.